The van der Waals surface area contributed by atoms with E-state index in [9.17, 15) is 4.79 Å². The lowest BCUT2D eigenvalue weighted by Gasteiger charge is -2.17. The molecule has 20 heavy (non-hydrogen) atoms. The number of ether oxygens (including phenoxy) is 3. The summed E-state index contributed by atoms with van der Waals surface area (Å²) in [5, 5.41) is 0. The van der Waals surface area contributed by atoms with Crippen LogP contribution in [0.3, 0.4) is 0 Å². The van der Waals surface area contributed by atoms with Crippen LogP contribution in [0.25, 0.3) is 0 Å². The zero-order valence-corrected chi connectivity index (χ0v) is 12.5. The smallest absolute Gasteiger partial charge is 0.346 e. The van der Waals surface area contributed by atoms with Gasteiger partial charge in [-0.25, -0.2) is 4.79 Å². The maximum atomic E-state index is 11.4. The first kappa shape index (κ1) is 16.3. The van der Waals surface area contributed by atoms with Gasteiger partial charge in [-0.1, -0.05) is 13.0 Å². The van der Waals surface area contributed by atoms with Gasteiger partial charge in [-0.2, -0.15) is 0 Å². The summed E-state index contributed by atoms with van der Waals surface area (Å²) in [4.78, 5) is 11.4. The van der Waals surface area contributed by atoms with Crippen LogP contribution in [0.15, 0.2) is 18.2 Å². The molecule has 0 aliphatic carbocycles. The average Bonchev–Trinajstić information content (AvgIpc) is 2.46. The van der Waals surface area contributed by atoms with Crippen LogP contribution in [0.5, 0.6) is 11.5 Å². The highest BCUT2D eigenvalue weighted by Crippen LogP contribution is 2.29. The summed E-state index contributed by atoms with van der Waals surface area (Å²) in [6.45, 7) is 3.68. The Morgan fingerprint density at radius 2 is 2.00 bits per heavy atom. The molecule has 0 radical (unpaired) electrons. The Morgan fingerprint density at radius 1 is 1.30 bits per heavy atom. The van der Waals surface area contributed by atoms with E-state index in [1.165, 1.54) is 7.11 Å². The van der Waals surface area contributed by atoms with Gasteiger partial charge in [-0.3, -0.25) is 0 Å². The zero-order chi connectivity index (χ0) is 15.1. The van der Waals surface area contributed by atoms with Gasteiger partial charge in [0.1, 0.15) is 0 Å². The van der Waals surface area contributed by atoms with Gasteiger partial charge in [-0.05, 0) is 37.5 Å². The number of hydrogen-bond acceptors (Lipinski definition) is 5. The molecule has 0 saturated heterocycles. The molecule has 2 N–H and O–H groups in total. The summed E-state index contributed by atoms with van der Waals surface area (Å²) in [7, 11) is 2.89. The molecule has 1 aromatic carbocycles. The van der Waals surface area contributed by atoms with Gasteiger partial charge in [0.15, 0.2) is 17.6 Å². The van der Waals surface area contributed by atoms with Crippen LogP contribution >= 0.6 is 0 Å². The zero-order valence-electron chi connectivity index (χ0n) is 12.5. The highest BCUT2D eigenvalue weighted by Gasteiger charge is 2.17. The van der Waals surface area contributed by atoms with Crippen molar-refractivity contribution in [3.63, 3.8) is 0 Å². The first-order valence-corrected chi connectivity index (χ1v) is 6.68. The van der Waals surface area contributed by atoms with Gasteiger partial charge in [0.2, 0.25) is 0 Å². The topological polar surface area (TPSA) is 70.8 Å². The number of esters is 1. The second-order valence-corrected chi connectivity index (χ2v) is 4.64. The van der Waals surface area contributed by atoms with Gasteiger partial charge in [-0.15, -0.1) is 0 Å². The largest absolute Gasteiger partial charge is 0.493 e. The van der Waals surface area contributed by atoms with Crippen molar-refractivity contribution in [1.29, 1.82) is 0 Å². The highest BCUT2D eigenvalue weighted by molar-refractivity contribution is 5.74. The molecule has 2 unspecified atom stereocenters. The molecule has 0 amide bonds. The van der Waals surface area contributed by atoms with Crippen LogP contribution in [-0.2, 0) is 16.0 Å². The minimum absolute atomic E-state index is 0.106. The quantitative estimate of drug-likeness (QED) is 0.773. The third kappa shape index (κ3) is 4.42. The molecule has 5 nitrogen and oxygen atoms in total. The summed E-state index contributed by atoms with van der Waals surface area (Å²) in [6.07, 6.45) is 0.966. The predicted molar refractivity (Wildman–Crippen MR) is 77.1 cm³/mol. The minimum atomic E-state index is -0.691. The Labute approximate surface area is 120 Å². The number of rotatable bonds is 7. The summed E-state index contributed by atoms with van der Waals surface area (Å²) in [5.74, 6) is 0.670. The van der Waals surface area contributed by atoms with Crippen molar-refractivity contribution in [2.24, 2.45) is 5.73 Å². The fourth-order valence-corrected chi connectivity index (χ4v) is 1.79. The third-order valence-corrected chi connectivity index (χ3v) is 3.09. The molecule has 0 heterocycles. The summed E-state index contributed by atoms with van der Waals surface area (Å²) < 4.78 is 15.5. The molecule has 0 aliphatic rings. The van der Waals surface area contributed by atoms with E-state index in [0.717, 1.165) is 18.4 Å². The second-order valence-electron chi connectivity index (χ2n) is 4.64. The number of benzene rings is 1. The third-order valence-electron chi connectivity index (χ3n) is 3.09. The van der Waals surface area contributed by atoms with Gasteiger partial charge < -0.3 is 19.9 Å². The number of carbonyl (C=O) groups excluding carboxylic acids is 1. The normalized spacial score (nSPS) is 13.4. The van der Waals surface area contributed by atoms with E-state index in [1.54, 1.807) is 14.0 Å². The highest BCUT2D eigenvalue weighted by atomic mass is 16.6. The SMILES string of the molecule is CCC(N)Cc1ccc(OC)c(OC(C)C(=O)OC)c1. The summed E-state index contributed by atoms with van der Waals surface area (Å²) in [6, 6.07) is 5.73. The Kier molecular flexibility index (Phi) is 6.31. The van der Waals surface area contributed by atoms with Crippen LogP contribution in [-0.4, -0.2) is 32.3 Å². The van der Waals surface area contributed by atoms with Crippen molar-refractivity contribution >= 4 is 5.97 Å². The van der Waals surface area contributed by atoms with E-state index in [4.69, 9.17) is 15.2 Å². The fraction of sp³-hybridized carbons (Fsp3) is 0.533. The lowest BCUT2D eigenvalue weighted by atomic mass is 10.0. The number of nitrogens with two attached hydrogens (primary N) is 1. The van der Waals surface area contributed by atoms with Crippen LogP contribution in [0.4, 0.5) is 0 Å². The van der Waals surface area contributed by atoms with Crippen molar-refractivity contribution < 1.29 is 19.0 Å². The molecule has 0 bridgehead atoms. The van der Waals surface area contributed by atoms with Crippen molar-refractivity contribution in [2.75, 3.05) is 14.2 Å². The van der Waals surface area contributed by atoms with Gasteiger partial charge in [0.05, 0.1) is 14.2 Å². The lowest BCUT2D eigenvalue weighted by molar-refractivity contribution is -0.147. The minimum Gasteiger partial charge on any atom is -0.493 e. The molecule has 0 spiro atoms. The summed E-state index contributed by atoms with van der Waals surface area (Å²) in [5.41, 5.74) is 7.00. The molecule has 5 heteroatoms. The van der Waals surface area contributed by atoms with Gasteiger partial charge in [0.25, 0.3) is 0 Å². The first-order chi connectivity index (χ1) is 9.51. The van der Waals surface area contributed by atoms with E-state index in [-0.39, 0.29) is 6.04 Å². The van der Waals surface area contributed by atoms with E-state index in [1.807, 2.05) is 25.1 Å². The molecule has 0 aromatic heterocycles. The predicted octanol–water partition coefficient (Wildman–Crippen LogP) is 1.92. The molecular formula is C15H23NO4. The molecular weight excluding hydrogens is 258 g/mol. The average molecular weight is 281 g/mol. The van der Waals surface area contributed by atoms with Gasteiger partial charge >= 0.3 is 5.97 Å². The maximum Gasteiger partial charge on any atom is 0.346 e. The van der Waals surface area contributed by atoms with Crippen molar-refractivity contribution in [3.05, 3.63) is 23.8 Å². The standard InChI is InChI=1S/C15H23NO4/c1-5-12(16)8-11-6-7-13(18-3)14(9-11)20-10(2)15(17)19-4/h6-7,9-10,12H,5,8,16H2,1-4H3. The van der Waals surface area contributed by atoms with Gasteiger partial charge in [0, 0.05) is 6.04 Å². The van der Waals surface area contributed by atoms with E-state index in [2.05, 4.69) is 4.74 Å². The molecule has 0 fully saturated rings. The maximum absolute atomic E-state index is 11.4. The molecule has 0 aliphatic heterocycles. The van der Waals surface area contributed by atoms with Crippen LogP contribution in [0.1, 0.15) is 25.8 Å². The molecule has 112 valence electrons. The number of methoxy groups -OCH3 is 2. The Hall–Kier alpha value is -1.75. The second kappa shape index (κ2) is 7.75. The Bertz CT molecular complexity index is 447. The van der Waals surface area contributed by atoms with Crippen LogP contribution in [0.2, 0.25) is 0 Å². The van der Waals surface area contributed by atoms with Crippen LogP contribution < -0.4 is 15.2 Å². The molecule has 0 saturated carbocycles. The Balaban J connectivity index is 2.91. The van der Waals surface area contributed by atoms with Crippen LogP contribution in [0, 0.1) is 0 Å². The monoisotopic (exact) mass is 281 g/mol. The lowest BCUT2D eigenvalue weighted by Crippen LogP contribution is -2.25. The summed E-state index contributed by atoms with van der Waals surface area (Å²) >= 11 is 0. The number of carbonyl (C=O) groups is 1. The molecule has 1 rings (SSSR count). The first-order valence-electron chi connectivity index (χ1n) is 6.68. The van der Waals surface area contributed by atoms with Crippen molar-refractivity contribution in [2.45, 2.75) is 38.8 Å². The van der Waals surface area contributed by atoms with Crippen molar-refractivity contribution in [3.8, 4) is 11.5 Å². The van der Waals surface area contributed by atoms with E-state index < -0.39 is 12.1 Å². The molecule has 1 aromatic rings. The molecule has 2 atom stereocenters. The van der Waals surface area contributed by atoms with E-state index >= 15 is 0 Å². The number of hydrogen-bond donors (Lipinski definition) is 1. The van der Waals surface area contributed by atoms with Crippen molar-refractivity contribution in [1.82, 2.24) is 0 Å². The fourth-order valence-electron chi connectivity index (χ4n) is 1.79. The Morgan fingerprint density at radius 3 is 2.55 bits per heavy atom. The van der Waals surface area contributed by atoms with E-state index in [0.29, 0.717) is 11.5 Å².